The van der Waals surface area contributed by atoms with Crippen LogP contribution in [0.2, 0.25) is 0 Å². The van der Waals surface area contributed by atoms with Gasteiger partial charge in [0.15, 0.2) is 5.84 Å². The number of pyridine rings is 1. The molecule has 4 nitrogen and oxygen atoms in total. The lowest BCUT2D eigenvalue weighted by Crippen LogP contribution is -2.14. The largest absolute Gasteiger partial charge is 0.380 e. The Bertz CT molecular complexity index is 518. The highest BCUT2D eigenvalue weighted by Gasteiger charge is 1.96. The zero-order chi connectivity index (χ0) is 11.9. The van der Waals surface area contributed by atoms with Crippen LogP contribution in [0, 0.1) is 0 Å². The second kappa shape index (κ2) is 5.55. The minimum Gasteiger partial charge on any atom is -0.380 e. The molecule has 0 bridgehead atoms. The van der Waals surface area contributed by atoms with Crippen LogP contribution in [0.3, 0.4) is 0 Å². The molecule has 84 valence electrons. The van der Waals surface area contributed by atoms with Gasteiger partial charge in [-0.1, -0.05) is 36.4 Å². The molecule has 0 unspecified atom stereocenters. The molecule has 0 aliphatic rings. The third kappa shape index (κ3) is 3.24. The monoisotopic (exact) mass is 224 g/mol. The molecule has 0 radical (unpaired) electrons. The Hall–Kier alpha value is -2.49. The van der Waals surface area contributed by atoms with Gasteiger partial charge in [-0.15, -0.1) is 5.10 Å². The molecule has 1 aromatic carbocycles. The van der Waals surface area contributed by atoms with E-state index in [9.17, 15) is 0 Å². The lowest BCUT2D eigenvalue weighted by atomic mass is 10.2. The Labute approximate surface area is 99.5 Å². The molecule has 0 amide bonds. The Morgan fingerprint density at radius 3 is 2.53 bits per heavy atom. The van der Waals surface area contributed by atoms with E-state index < -0.39 is 0 Å². The third-order valence-electron chi connectivity index (χ3n) is 2.10. The summed E-state index contributed by atoms with van der Waals surface area (Å²) in [6.07, 6.45) is 3.31. The van der Waals surface area contributed by atoms with E-state index in [1.807, 2.05) is 42.5 Å². The van der Waals surface area contributed by atoms with Crippen molar-refractivity contribution in [1.82, 2.24) is 4.98 Å². The van der Waals surface area contributed by atoms with Gasteiger partial charge in [-0.25, -0.2) is 0 Å². The van der Waals surface area contributed by atoms with E-state index in [1.165, 1.54) is 0 Å². The maximum Gasteiger partial charge on any atom is 0.171 e. The fourth-order valence-corrected chi connectivity index (χ4v) is 1.26. The average Bonchev–Trinajstić information content (AvgIpc) is 2.41. The molecule has 0 aliphatic carbocycles. The first-order valence-electron chi connectivity index (χ1n) is 5.19. The lowest BCUT2D eigenvalue weighted by molar-refractivity contribution is 1.20. The van der Waals surface area contributed by atoms with E-state index in [0.717, 1.165) is 5.56 Å². The normalized spacial score (nSPS) is 11.9. The summed E-state index contributed by atoms with van der Waals surface area (Å²) >= 11 is 0. The van der Waals surface area contributed by atoms with Crippen LogP contribution < -0.4 is 5.73 Å². The molecule has 1 heterocycles. The molecule has 0 spiro atoms. The van der Waals surface area contributed by atoms with Crippen molar-refractivity contribution in [3.05, 3.63) is 66.0 Å². The van der Waals surface area contributed by atoms with Crippen molar-refractivity contribution in [1.29, 1.82) is 0 Å². The van der Waals surface area contributed by atoms with Crippen LogP contribution in [0.25, 0.3) is 0 Å². The van der Waals surface area contributed by atoms with Crippen molar-refractivity contribution < 1.29 is 0 Å². The first-order chi connectivity index (χ1) is 8.36. The molecule has 4 heteroatoms. The Kier molecular flexibility index (Phi) is 3.60. The van der Waals surface area contributed by atoms with Crippen molar-refractivity contribution >= 4 is 12.1 Å². The van der Waals surface area contributed by atoms with Crippen molar-refractivity contribution in [2.45, 2.75) is 0 Å². The minimum atomic E-state index is 0.304. The second-order valence-electron chi connectivity index (χ2n) is 3.36. The van der Waals surface area contributed by atoms with E-state index in [-0.39, 0.29) is 0 Å². The van der Waals surface area contributed by atoms with Gasteiger partial charge in [0, 0.05) is 6.20 Å². The molecule has 2 rings (SSSR count). The second-order valence-corrected chi connectivity index (χ2v) is 3.36. The Balaban J connectivity index is 2.09. The number of amidine groups is 1. The van der Waals surface area contributed by atoms with Gasteiger partial charge in [0.2, 0.25) is 0 Å². The quantitative estimate of drug-likeness (QED) is 0.491. The fourth-order valence-electron chi connectivity index (χ4n) is 1.26. The van der Waals surface area contributed by atoms with Gasteiger partial charge in [0.25, 0.3) is 0 Å². The smallest absolute Gasteiger partial charge is 0.171 e. The predicted octanol–water partition coefficient (Wildman–Crippen LogP) is 1.82. The van der Waals surface area contributed by atoms with Crippen LogP contribution in [0.1, 0.15) is 11.3 Å². The van der Waals surface area contributed by atoms with Crippen LogP contribution in [0.4, 0.5) is 0 Å². The minimum absolute atomic E-state index is 0.304. The zero-order valence-electron chi connectivity index (χ0n) is 9.19. The van der Waals surface area contributed by atoms with Crippen molar-refractivity contribution in [3.8, 4) is 0 Å². The standard InChI is InChI=1S/C13H12N4/c14-13(12-8-4-5-9-15-12)17-16-10-11-6-2-1-3-7-11/h1-10H,(H2,14,17)/b16-10+. The van der Waals surface area contributed by atoms with Gasteiger partial charge in [0.05, 0.1) is 6.21 Å². The number of benzene rings is 1. The van der Waals surface area contributed by atoms with Crippen molar-refractivity contribution in [3.63, 3.8) is 0 Å². The number of rotatable bonds is 3. The number of aromatic nitrogens is 1. The highest BCUT2D eigenvalue weighted by molar-refractivity contribution is 5.95. The maximum atomic E-state index is 5.73. The molecule has 1 aromatic heterocycles. The molecule has 2 aromatic rings. The van der Waals surface area contributed by atoms with Crippen LogP contribution in [-0.4, -0.2) is 17.0 Å². The fraction of sp³-hybridized carbons (Fsp3) is 0. The molecule has 0 saturated heterocycles. The SMILES string of the molecule is N/C(=N/N=C/c1ccccc1)c1ccccn1. The zero-order valence-corrected chi connectivity index (χ0v) is 9.19. The number of nitrogens with zero attached hydrogens (tertiary/aromatic N) is 3. The van der Waals surface area contributed by atoms with Gasteiger partial charge in [-0.3, -0.25) is 4.98 Å². The topological polar surface area (TPSA) is 63.6 Å². The maximum absolute atomic E-state index is 5.73. The van der Waals surface area contributed by atoms with Crippen LogP contribution >= 0.6 is 0 Å². The van der Waals surface area contributed by atoms with Gasteiger partial charge in [-0.2, -0.15) is 5.10 Å². The van der Waals surface area contributed by atoms with Crippen molar-refractivity contribution in [2.24, 2.45) is 15.9 Å². The number of nitrogens with two attached hydrogens (primary N) is 1. The molecule has 17 heavy (non-hydrogen) atoms. The van der Waals surface area contributed by atoms with Crippen LogP contribution in [0.15, 0.2) is 64.9 Å². The van der Waals surface area contributed by atoms with E-state index in [0.29, 0.717) is 11.5 Å². The van der Waals surface area contributed by atoms with E-state index >= 15 is 0 Å². The predicted molar refractivity (Wildman–Crippen MR) is 69.0 cm³/mol. The lowest BCUT2D eigenvalue weighted by Gasteiger charge is -1.95. The first-order valence-corrected chi connectivity index (χ1v) is 5.19. The van der Waals surface area contributed by atoms with E-state index in [2.05, 4.69) is 15.2 Å². The highest BCUT2D eigenvalue weighted by Crippen LogP contribution is 1.95. The van der Waals surface area contributed by atoms with E-state index in [4.69, 9.17) is 5.73 Å². The van der Waals surface area contributed by atoms with Gasteiger partial charge >= 0.3 is 0 Å². The molecule has 0 fully saturated rings. The van der Waals surface area contributed by atoms with Crippen LogP contribution in [0.5, 0.6) is 0 Å². The molecular formula is C13H12N4. The molecule has 0 aliphatic heterocycles. The summed E-state index contributed by atoms with van der Waals surface area (Å²) in [6, 6.07) is 15.2. The highest BCUT2D eigenvalue weighted by atomic mass is 15.2. The summed E-state index contributed by atoms with van der Waals surface area (Å²) in [5.74, 6) is 0.304. The van der Waals surface area contributed by atoms with Crippen LogP contribution in [-0.2, 0) is 0 Å². The van der Waals surface area contributed by atoms with Crippen molar-refractivity contribution in [2.75, 3.05) is 0 Å². The Morgan fingerprint density at radius 2 is 1.82 bits per heavy atom. The summed E-state index contributed by atoms with van der Waals surface area (Å²) in [7, 11) is 0. The molecule has 2 N–H and O–H groups in total. The molecule has 0 saturated carbocycles. The summed E-state index contributed by atoms with van der Waals surface area (Å²) in [4.78, 5) is 4.07. The van der Waals surface area contributed by atoms with Gasteiger partial charge in [0.1, 0.15) is 5.69 Å². The third-order valence-corrected chi connectivity index (χ3v) is 2.10. The number of hydrogen-bond acceptors (Lipinski definition) is 3. The first kappa shape index (κ1) is 11.0. The van der Waals surface area contributed by atoms with Gasteiger partial charge < -0.3 is 5.73 Å². The Morgan fingerprint density at radius 1 is 1.06 bits per heavy atom. The molecule has 0 atom stereocenters. The molecular weight excluding hydrogens is 212 g/mol. The van der Waals surface area contributed by atoms with Gasteiger partial charge in [-0.05, 0) is 17.7 Å². The average molecular weight is 224 g/mol. The number of hydrogen-bond donors (Lipinski definition) is 1. The summed E-state index contributed by atoms with van der Waals surface area (Å²) in [5.41, 5.74) is 7.33. The summed E-state index contributed by atoms with van der Waals surface area (Å²) in [5, 5.41) is 7.81. The van der Waals surface area contributed by atoms with E-state index in [1.54, 1.807) is 18.5 Å². The summed E-state index contributed by atoms with van der Waals surface area (Å²) < 4.78 is 0. The summed E-state index contributed by atoms with van der Waals surface area (Å²) in [6.45, 7) is 0.